The van der Waals surface area contributed by atoms with Crippen molar-refractivity contribution in [2.45, 2.75) is 25.4 Å². The van der Waals surface area contributed by atoms with Crippen LogP contribution in [-0.4, -0.2) is 24.2 Å². The average Bonchev–Trinajstić information content (AvgIpc) is 2.38. The van der Waals surface area contributed by atoms with Crippen molar-refractivity contribution in [1.82, 2.24) is 5.32 Å². The van der Waals surface area contributed by atoms with Crippen molar-refractivity contribution in [3.8, 4) is 0 Å². The second-order valence-electron chi connectivity index (χ2n) is 4.33. The monoisotopic (exact) mass is 270 g/mol. The van der Waals surface area contributed by atoms with E-state index in [1.165, 1.54) is 12.1 Å². The first kappa shape index (κ1) is 13.3. The Morgan fingerprint density at radius 2 is 2.39 bits per heavy atom. The lowest BCUT2D eigenvalue weighted by atomic mass is 10.1. The van der Waals surface area contributed by atoms with Gasteiger partial charge >= 0.3 is 0 Å². The van der Waals surface area contributed by atoms with E-state index in [9.17, 15) is 10.1 Å². The molecule has 0 saturated carbocycles. The summed E-state index contributed by atoms with van der Waals surface area (Å²) in [6, 6.07) is 4.79. The van der Waals surface area contributed by atoms with E-state index in [4.69, 9.17) is 16.3 Å². The largest absolute Gasteiger partial charge is 0.380 e. The molecule has 1 aromatic rings. The Labute approximate surface area is 110 Å². The summed E-state index contributed by atoms with van der Waals surface area (Å²) < 4.78 is 5.36. The predicted octanol–water partition coefficient (Wildman–Crippen LogP) is 2.52. The summed E-state index contributed by atoms with van der Waals surface area (Å²) in [7, 11) is 0. The molecule has 1 unspecified atom stereocenters. The molecule has 98 valence electrons. The van der Waals surface area contributed by atoms with Gasteiger partial charge in [0.05, 0.1) is 11.5 Å². The summed E-state index contributed by atoms with van der Waals surface area (Å²) in [5.74, 6) is 0. The Morgan fingerprint density at radius 1 is 1.56 bits per heavy atom. The summed E-state index contributed by atoms with van der Waals surface area (Å²) in [4.78, 5) is 10.3. The van der Waals surface area contributed by atoms with E-state index < -0.39 is 4.92 Å². The number of nitrogens with one attached hydrogen (secondary N) is 1. The minimum absolute atomic E-state index is 0.0658. The van der Waals surface area contributed by atoms with E-state index in [1.54, 1.807) is 6.07 Å². The number of nitrogens with zero attached hydrogens (tertiary/aromatic N) is 1. The fourth-order valence-electron chi connectivity index (χ4n) is 1.97. The van der Waals surface area contributed by atoms with E-state index in [0.717, 1.165) is 25.0 Å². The third-order valence-electron chi connectivity index (χ3n) is 2.98. The molecule has 1 aromatic carbocycles. The lowest BCUT2D eigenvalue weighted by Gasteiger charge is -2.23. The van der Waals surface area contributed by atoms with Crippen LogP contribution >= 0.6 is 11.6 Å². The fraction of sp³-hybridized carbons (Fsp3) is 0.500. The van der Waals surface area contributed by atoms with Gasteiger partial charge in [-0.3, -0.25) is 10.1 Å². The van der Waals surface area contributed by atoms with Gasteiger partial charge in [-0.15, -0.1) is 0 Å². The highest BCUT2D eigenvalue weighted by Gasteiger charge is 2.15. The van der Waals surface area contributed by atoms with Gasteiger partial charge in [0.25, 0.3) is 5.69 Å². The topological polar surface area (TPSA) is 64.4 Å². The van der Waals surface area contributed by atoms with Crippen LogP contribution in [0, 0.1) is 10.1 Å². The van der Waals surface area contributed by atoms with Gasteiger partial charge in [0.15, 0.2) is 0 Å². The molecule has 1 atom stereocenters. The van der Waals surface area contributed by atoms with Gasteiger partial charge in [0, 0.05) is 36.3 Å². The average molecular weight is 271 g/mol. The number of hydrogen-bond donors (Lipinski definition) is 1. The molecule has 0 bridgehead atoms. The first-order chi connectivity index (χ1) is 8.66. The van der Waals surface area contributed by atoms with Gasteiger partial charge in [0.2, 0.25) is 0 Å². The van der Waals surface area contributed by atoms with Crippen LogP contribution in [0.1, 0.15) is 18.4 Å². The summed E-state index contributed by atoms with van der Waals surface area (Å²) in [5, 5.41) is 14.6. The standard InChI is InChI=1S/C12H15ClN2O3/c13-12-4-3-11(15(16)17)6-9(12)7-14-10-2-1-5-18-8-10/h3-4,6,10,14H,1-2,5,7-8H2. The van der Waals surface area contributed by atoms with E-state index in [-0.39, 0.29) is 5.69 Å². The first-order valence-corrected chi connectivity index (χ1v) is 6.28. The predicted molar refractivity (Wildman–Crippen MR) is 68.8 cm³/mol. The third kappa shape index (κ3) is 3.41. The van der Waals surface area contributed by atoms with E-state index in [1.807, 2.05) is 0 Å². The van der Waals surface area contributed by atoms with Crippen molar-refractivity contribution in [1.29, 1.82) is 0 Å². The molecule has 0 aromatic heterocycles. The van der Waals surface area contributed by atoms with E-state index >= 15 is 0 Å². The molecule has 1 aliphatic rings. The van der Waals surface area contributed by atoms with Crippen LogP contribution < -0.4 is 5.32 Å². The Balaban J connectivity index is 1.99. The number of halogens is 1. The zero-order valence-electron chi connectivity index (χ0n) is 9.89. The normalized spacial score (nSPS) is 19.7. The molecule has 1 saturated heterocycles. The number of benzene rings is 1. The first-order valence-electron chi connectivity index (χ1n) is 5.91. The van der Waals surface area contributed by atoms with Crippen LogP contribution in [-0.2, 0) is 11.3 Å². The molecule has 2 rings (SSSR count). The molecule has 1 aliphatic heterocycles. The minimum Gasteiger partial charge on any atom is -0.380 e. The van der Waals surface area contributed by atoms with Gasteiger partial charge in [-0.2, -0.15) is 0 Å². The van der Waals surface area contributed by atoms with Crippen LogP contribution in [0.15, 0.2) is 18.2 Å². The molecular formula is C12H15ClN2O3. The molecule has 18 heavy (non-hydrogen) atoms. The van der Waals surface area contributed by atoms with Crippen molar-refractivity contribution in [2.75, 3.05) is 13.2 Å². The quantitative estimate of drug-likeness (QED) is 0.674. The van der Waals surface area contributed by atoms with Crippen LogP contribution in [0.2, 0.25) is 5.02 Å². The second-order valence-corrected chi connectivity index (χ2v) is 4.73. The van der Waals surface area contributed by atoms with Gasteiger partial charge < -0.3 is 10.1 Å². The molecule has 0 spiro atoms. The lowest BCUT2D eigenvalue weighted by Crippen LogP contribution is -2.36. The van der Waals surface area contributed by atoms with E-state index in [2.05, 4.69) is 5.32 Å². The van der Waals surface area contributed by atoms with Crippen LogP contribution in [0.4, 0.5) is 5.69 Å². The molecular weight excluding hydrogens is 256 g/mol. The number of hydrogen-bond acceptors (Lipinski definition) is 4. The molecule has 5 nitrogen and oxygen atoms in total. The van der Waals surface area contributed by atoms with Crippen LogP contribution in [0.5, 0.6) is 0 Å². The van der Waals surface area contributed by atoms with Gasteiger partial charge in [0.1, 0.15) is 0 Å². The Kier molecular flexibility index (Phi) is 4.52. The fourth-order valence-corrected chi connectivity index (χ4v) is 2.15. The Morgan fingerprint density at radius 3 is 3.06 bits per heavy atom. The number of nitro groups is 1. The van der Waals surface area contributed by atoms with Crippen molar-refractivity contribution in [2.24, 2.45) is 0 Å². The van der Waals surface area contributed by atoms with Crippen molar-refractivity contribution in [3.05, 3.63) is 38.9 Å². The highest BCUT2D eigenvalue weighted by Crippen LogP contribution is 2.22. The van der Waals surface area contributed by atoms with Crippen molar-refractivity contribution >= 4 is 17.3 Å². The Hall–Kier alpha value is -1.17. The summed E-state index contributed by atoms with van der Waals surface area (Å²) in [6.45, 7) is 2.02. The molecule has 1 fully saturated rings. The number of ether oxygens (including phenoxy) is 1. The zero-order valence-corrected chi connectivity index (χ0v) is 10.7. The highest BCUT2D eigenvalue weighted by atomic mass is 35.5. The van der Waals surface area contributed by atoms with Crippen LogP contribution in [0.25, 0.3) is 0 Å². The maximum absolute atomic E-state index is 10.7. The SMILES string of the molecule is O=[N+]([O-])c1ccc(Cl)c(CNC2CCCOC2)c1. The van der Waals surface area contributed by atoms with Gasteiger partial charge in [-0.05, 0) is 24.5 Å². The molecule has 0 amide bonds. The molecule has 6 heteroatoms. The zero-order chi connectivity index (χ0) is 13.0. The van der Waals surface area contributed by atoms with E-state index in [0.29, 0.717) is 24.2 Å². The number of rotatable bonds is 4. The van der Waals surface area contributed by atoms with Gasteiger partial charge in [-0.1, -0.05) is 11.6 Å². The molecule has 0 radical (unpaired) electrons. The smallest absolute Gasteiger partial charge is 0.269 e. The second kappa shape index (κ2) is 6.13. The van der Waals surface area contributed by atoms with Crippen LogP contribution in [0.3, 0.4) is 0 Å². The number of nitro benzene ring substituents is 1. The third-order valence-corrected chi connectivity index (χ3v) is 3.35. The van der Waals surface area contributed by atoms with Gasteiger partial charge in [-0.25, -0.2) is 0 Å². The minimum atomic E-state index is -0.413. The summed E-state index contributed by atoms with van der Waals surface area (Å²) in [6.07, 6.45) is 2.10. The summed E-state index contributed by atoms with van der Waals surface area (Å²) in [5.41, 5.74) is 0.813. The summed E-state index contributed by atoms with van der Waals surface area (Å²) >= 11 is 6.02. The lowest BCUT2D eigenvalue weighted by molar-refractivity contribution is -0.384. The maximum Gasteiger partial charge on any atom is 0.269 e. The molecule has 0 aliphatic carbocycles. The Bertz CT molecular complexity index is 433. The number of non-ortho nitro benzene ring substituents is 1. The maximum atomic E-state index is 10.7. The highest BCUT2D eigenvalue weighted by molar-refractivity contribution is 6.31. The van der Waals surface area contributed by atoms with Crippen molar-refractivity contribution in [3.63, 3.8) is 0 Å². The molecule has 1 N–H and O–H groups in total. The molecule has 1 heterocycles. The van der Waals surface area contributed by atoms with Crippen molar-refractivity contribution < 1.29 is 9.66 Å².